The van der Waals surface area contributed by atoms with Crippen LogP contribution in [0.3, 0.4) is 0 Å². The lowest BCUT2D eigenvalue weighted by Crippen LogP contribution is -2.51. The van der Waals surface area contributed by atoms with E-state index in [1.54, 1.807) is 13.1 Å². The zero-order valence-corrected chi connectivity index (χ0v) is 13.4. The van der Waals surface area contributed by atoms with Gasteiger partial charge in [-0.25, -0.2) is 4.39 Å². The molecule has 0 bridgehead atoms. The van der Waals surface area contributed by atoms with Gasteiger partial charge in [-0.15, -0.1) is 0 Å². The number of rotatable bonds is 7. The summed E-state index contributed by atoms with van der Waals surface area (Å²) >= 11 is 0. The monoisotopic (exact) mass is 309 g/mol. The van der Waals surface area contributed by atoms with Gasteiger partial charge in [0.05, 0.1) is 5.56 Å². The molecular weight excluding hydrogens is 285 g/mol. The lowest BCUT2D eigenvalue weighted by Gasteiger charge is -2.23. The van der Waals surface area contributed by atoms with E-state index >= 15 is 0 Å². The highest BCUT2D eigenvalue weighted by molar-refractivity contribution is 5.97. The highest BCUT2D eigenvalue weighted by Crippen LogP contribution is 2.09. The minimum absolute atomic E-state index is 0.0652. The Morgan fingerprint density at radius 2 is 1.82 bits per heavy atom. The standard InChI is InChI=1S/C16H24FN3O2/c1-10(2)14(16(22)19-9-11(3)18-4)20-15(21)12-7-5-6-8-13(12)17/h5-8,10-11,14,18H,9H2,1-4H3,(H,19,22)(H,20,21). The second-order valence-electron chi connectivity index (χ2n) is 5.61. The van der Waals surface area contributed by atoms with Crippen LogP contribution in [0.5, 0.6) is 0 Å². The van der Waals surface area contributed by atoms with Crippen molar-refractivity contribution < 1.29 is 14.0 Å². The molecule has 1 aromatic rings. The lowest BCUT2D eigenvalue weighted by atomic mass is 10.0. The van der Waals surface area contributed by atoms with Crippen molar-refractivity contribution >= 4 is 11.8 Å². The van der Waals surface area contributed by atoms with Crippen LogP contribution in [0.15, 0.2) is 24.3 Å². The van der Waals surface area contributed by atoms with Crippen molar-refractivity contribution in [1.82, 2.24) is 16.0 Å². The van der Waals surface area contributed by atoms with Crippen molar-refractivity contribution in [3.8, 4) is 0 Å². The smallest absolute Gasteiger partial charge is 0.254 e. The van der Waals surface area contributed by atoms with Crippen molar-refractivity contribution in [3.63, 3.8) is 0 Å². The van der Waals surface area contributed by atoms with Crippen LogP contribution in [-0.2, 0) is 4.79 Å². The van der Waals surface area contributed by atoms with Crippen molar-refractivity contribution in [2.75, 3.05) is 13.6 Å². The number of carbonyl (C=O) groups is 2. The van der Waals surface area contributed by atoms with Gasteiger partial charge >= 0.3 is 0 Å². The van der Waals surface area contributed by atoms with Gasteiger partial charge in [-0.3, -0.25) is 9.59 Å². The number of nitrogens with one attached hydrogen (secondary N) is 3. The molecule has 0 aliphatic rings. The predicted molar refractivity (Wildman–Crippen MR) is 84.0 cm³/mol. The predicted octanol–water partition coefficient (Wildman–Crippen LogP) is 1.30. The van der Waals surface area contributed by atoms with Crippen LogP contribution in [0, 0.1) is 11.7 Å². The fourth-order valence-electron chi connectivity index (χ4n) is 1.87. The summed E-state index contributed by atoms with van der Waals surface area (Å²) in [4.78, 5) is 24.3. The third-order valence-corrected chi connectivity index (χ3v) is 3.43. The second-order valence-corrected chi connectivity index (χ2v) is 5.61. The molecule has 2 atom stereocenters. The van der Waals surface area contributed by atoms with Crippen LogP contribution in [0.2, 0.25) is 0 Å². The Morgan fingerprint density at radius 3 is 2.36 bits per heavy atom. The van der Waals surface area contributed by atoms with Gasteiger partial charge < -0.3 is 16.0 Å². The first-order valence-corrected chi connectivity index (χ1v) is 7.37. The minimum Gasteiger partial charge on any atom is -0.353 e. The Bertz CT molecular complexity index is 520. The Balaban J connectivity index is 2.74. The number of benzene rings is 1. The van der Waals surface area contributed by atoms with Crippen LogP contribution in [0.4, 0.5) is 4.39 Å². The highest BCUT2D eigenvalue weighted by Gasteiger charge is 2.25. The first kappa shape index (κ1) is 18.1. The molecule has 5 nitrogen and oxygen atoms in total. The van der Waals surface area contributed by atoms with E-state index < -0.39 is 17.8 Å². The molecule has 3 N–H and O–H groups in total. The van der Waals surface area contributed by atoms with E-state index in [-0.39, 0.29) is 23.4 Å². The fourth-order valence-corrected chi connectivity index (χ4v) is 1.87. The van der Waals surface area contributed by atoms with Crippen molar-refractivity contribution in [2.45, 2.75) is 32.9 Å². The van der Waals surface area contributed by atoms with E-state index in [4.69, 9.17) is 0 Å². The molecule has 0 fully saturated rings. The summed E-state index contributed by atoms with van der Waals surface area (Å²) in [6.07, 6.45) is 0. The Labute approximate surface area is 130 Å². The number of halogens is 1. The molecule has 1 aromatic carbocycles. The molecule has 1 rings (SSSR count). The average Bonchev–Trinajstić information content (AvgIpc) is 2.49. The van der Waals surface area contributed by atoms with Gasteiger partial charge in [-0.1, -0.05) is 26.0 Å². The maximum atomic E-state index is 13.6. The number of carbonyl (C=O) groups excluding carboxylic acids is 2. The molecule has 2 unspecified atom stereocenters. The maximum absolute atomic E-state index is 13.6. The number of amides is 2. The summed E-state index contributed by atoms with van der Waals surface area (Å²) in [5.41, 5.74) is -0.0652. The van der Waals surface area contributed by atoms with Gasteiger partial charge in [-0.2, -0.15) is 0 Å². The van der Waals surface area contributed by atoms with Crippen LogP contribution in [-0.4, -0.2) is 37.5 Å². The topological polar surface area (TPSA) is 70.2 Å². The Hall–Kier alpha value is -1.95. The first-order chi connectivity index (χ1) is 10.4. The van der Waals surface area contributed by atoms with Crippen LogP contribution in [0.25, 0.3) is 0 Å². The van der Waals surface area contributed by atoms with Gasteiger partial charge in [0.15, 0.2) is 0 Å². The molecular formula is C16H24FN3O2. The summed E-state index contributed by atoms with van der Waals surface area (Å²) in [5.74, 6) is -1.58. The molecule has 6 heteroatoms. The fraction of sp³-hybridized carbons (Fsp3) is 0.500. The third-order valence-electron chi connectivity index (χ3n) is 3.43. The normalized spacial score (nSPS) is 13.5. The molecule has 0 aliphatic heterocycles. The lowest BCUT2D eigenvalue weighted by molar-refractivity contribution is -0.124. The zero-order valence-electron chi connectivity index (χ0n) is 13.4. The number of hydrogen-bond donors (Lipinski definition) is 3. The Kier molecular flexibility index (Phi) is 6.98. The van der Waals surface area contributed by atoms with Crippen LogP contribution >= 0.6 is 0 Å². The first-order valence-electron chi connectivity index (χ1n) is 7.37. The van der Waals surface area contributed by atoms with E-state index in [0.29, 0.717) is 6.54 Å². The van der Waals surface area contributed by atoms with Gasteiger partial charge in [0.1, 0.15) is 11.9 Å². The van der Waals surface area contributed by atoms with E-state index in [2.05, 4.69) is 16.0 Å². The summed E-state index contributed by atoms with van der Waals surface area (Å²) in [5, 5.41) is 8.39. The molecule has 2 amide bonds. The third kappa shape index (κ3) is 5.11. The second kappa shape index (κ2) is 8.48. The largest absolute Gasteiger partial charge is 0.353 e. The van der Waals surface area contributed by atoms with Gasteiger partial charge in [-0.05, 0) is 32.0 Å². The van der Waals surface area contributed by atoms with E-state index in [1.165, 1.54) is 18.2 Å². The summed E-state index contributed by atoms with van der Waals surface area (Å²) in [6.45, 7) is 6.04. The average molecular weight is 309 g/mol. The zero-order chi connectivity index (χ0) is 16.7. The molecule has 0 radical (unpaired) electrons. The van der Waals surface area contributed by atoms with Crippen molar-refractivity contribution in [1.29, 1.82) is 0 Å². The van der Waals surface area contributed by atoms with Crippen molar-refractivity contribution in [3.05, 3.63) is 35.6 Å². The van der Waals surface area contributed by atoms with E-state index in [1.807, 2.05) is 20.8 Å². The maximum Gasteiger partial charge on any atom is 0.254 e. The van der Waals surface area contributed by atoms with Gasteiger partial charge in [0.25, 0.3) is 5.91 Å². The van der Waals surface area contributed by atoms with Gasteiger partial charge in [0.2, 0.25) is 5.91 Å². The molecule has 0 aliphatic carbocycles. The molecule has 0 spiro atoms. The quantitative estimate of drug-likeness (QED) is 0.711. The van der Waals surface area contributed by atoms with Crippen LogP contribution < -0.4 is 16.0 Å². The molecule has 0 saturated carbocycles. The van der Waals surface area contributed by atoms with E-state index in [9.17, 15) is 14.0 Å². The molecule has 122 valence electrons. The van der Waals surface area contributed by atoms with Gasteiger partial charge in [0, 0.05) is 12.6 Å². The SMILES string of the molecule is CNC(C)CNC(=O)C(NC(=O)c1ccccc1F)C(C)C. The number of hydrogen-bond acceptors (Lipinski definition) is 3. The molecule has 0 saturated heterocycles. The summed E-state index contributed by atoms with van der Waals surface area (Å²) in [6, 6.07) is 5.11. The molecule has 0 aromatic heterocycles. The molecule has 22 heavy (non-hydrogen) atoms. The van der Waals surface area contributed by atoms with E-state index in [0.717, 1.165) is 0 Å². The highest BCUT2D eigenvalue weighted by atomic mass is 19.1. The Morgan fingerprint density at radius 1 is 1.18 bits per heavy atom. The summed E-state index contributed by atoms with van der Waals surface area (Å²) < 4.78 is 13.6. The van der Waals surface area contributed by atoms with Crippen molar-refractivity contribution in [2.24, 2.45) is 5.92 Å². The van der Waals surface area contributed by atoms with Crippen LogP contribution in [0.1, 0.15) is 31.1 Å². The number of likely N-dealkylation sites (N-methyl/N-ethyl adjacent to an activating group) is 1. The molecule has 0 heterocycles. The summed E-state index contributed by atoms with van der Waals surface area (Å²) in [7, 11) is 1.80. The minimum atomic E-state index is -0.712.